The second kappa shape index (κ2) is 11.3. The van der Waals surface area contributed by atoms with Gasteiger partial charge in [0.05, 0.1) is 6.26 Å². The van der Waals surface area contributed by atoms with Crippen LogP contribution in [0.4, 0.5) is 8.78 Å². The average molecular weight is 600 g/mol. The van der Waals surface area contributed by atoms with Crippen molar-refractivity contribution in [1.29, 1.82) is 0 Å². The first-order chi connectivity index (χ1) is 19.4. The molecular weight excluding hydrogens is 556 g/mol. The first-order valence-corrected chi connectivity index (χ1v) is 17.1. The zero-order valence-electron chi connectivity index (χ0n) is 23.8. The van der Waals surface area contributed by atoms with Crippen LogP contribution in [0, 0.1) is 23.7 Å². The van der Waals surface area contributed by atoms with Crippen LogP contribution in [0.25, 0.3) is 0 Å². The Balaban J connectivity index is 0.000000559. The van der Waals surface area contributed by atoms with Crippen molar-refractivity contribution in [2.75, 3.05) is 32.5 Å². The molecule has 2 saturated heterocycles. The van der Waals surface area contributed by atoms with Crippen LogP contribution >= 0.6 is 0 Å². The molecule has 1 aromatic carbocycles. The summed E-state index contributed by atoms with van der Waals surface area (Å²) in [6, 6.07) is 8.43. The van der Waals surface area contributed by atoms with Crippen LogP contribution in [-0.4, -0.2) is 67.9 Å². The molecule has 0 atom stereocenters. The maximum Gasteiger partial charge on any atom is 0.261 e. The fourth-order valence-corrected chi connectivity index (χ4v) is 8.42. The quantitative estimate of drug-likeness (QED) is 0.336. The number of ether oxygens (including phenoxy) is 2. The maximum absolute atomic E-state index is 13.3. The number of hydrogen-bond acceptors (Lipinski definition) is 7. The molecule has 2 aliphatic heterocycles. The van der Waals surface area contributed by atoms with Gasteiger partial charge in [0.15, 0.2) is 0 Å². The van der Waals surface area contributed by atoms with Crippen molar-refractivity contribution in [2.45, 2.75) is 94.0 Å². The first kappa shape index (κ1) is 29.7. The lowest BCUT2D eigenvalue weighted by molar-refractivity contribution is -0.390. The van der Waals surface area contributed by atoms with Gasteiger partial charge in [-0.1, -0.05) is 12.1 Å². The molecule has 41 heavy (non-hydrogen) atoms. The number of hydrogen-bond donors (Lipinski definition) is 1. The number of halogens is 2. The molecule has 2 heterocycles. The molecule has 5 saturated carbocycles. The summed E-state index contributed by atoms with van der Waals surface area (Å²) >= 11 is 0. The SMILES string of the molecule is CS(=O)(=O)O.FC1(F)CCN(CCOc2ccc(C3CCC4(CC3)OOC3(O4)C4CC5CC(C4)CC3C5)cc2)CC1. The van der Waals surface area contributed by atoms with Crippen LogP contribution in [0.15, 0.2) is 24.3 Å². The van der Waals surface area contributed by atoms with Crippen molar-refractivity contribution < 1.29 is 41.0 Å². The van der Waals surface area contributed by atoms with Gasteiger partial charge in [0.2, 0.25) is 11.6 Å². The van der Waals surface area contributed by atoms with Gasteiger partial charge in [-0.05, 0) is 80.4 Å². The molecule has 7 fully saturated rings. The minimum atomic E-state index is -3.67. The fraction of sp³-hybridized carbons (Fsp3) is 0.800. The van der Waals surface area contributed by atoms with Gasteiger partial charge in [-0.3, -0.25) is 9.45 Å². The summed E-state index contributed by atoms with van der Waals surface area (Å²) in [5.74, 6) is 0.566. The Morgan fingerprint density at radius 3 is 2.05 bits per heavy atom. The average Bonchev–Trinajstić information content (AvgIpc) is 3.28. The molecular formula is C30H43F2NO7S. The Labute approximate surface area is 241 Å². The second-order valence-electron chi connectivity index (χ2n) is 13.3. The number of piperidine rings is 1. The van der Waals surface area contributed by atoms with Gasteiger partial charge >= 0.3 is 0 Å². The van der Waals surface area contributed by atoms with E-state index < -0.39 is 27.6 Å². The zero-order valence-corrected chi connectivity index (χ0v) is 24.6. The van der Waals surface area contributed by atoms with Crippen molar-refractivity contribution in [3.8, 4) is 5.75 Å². The van der Waals surface area contributed by atoms with Gasteiger partial charge in [0.25, 0.3) is 16.0 Å². The lowest BCUT2D eigenvalue weighted by atomic mass is 9.53. The van der Waals surface area contributed by atoms with E-state index in [9.17, 15) is 17.2 Å². The molecule has 230 valence electrons. The highest BCUT2D eigenvalue weighted by Gasteiger charge is 2.66. The zero-order chi connectivity index (χ0) is 28.9. The molecule has 11 heteroatoms. The molecule has 8 nitrogen and oxygen atoms in total. The summed E-state index contributed by atoms with van der Waals surface area (Å²) in [6.45, 7) is 2.10. The predicted octanol–water partition coefficient (Wildman–Crippen LogP) is 5.79. The Hall–Kier alpha value is -1.37. The topological polar surface area (TPSA) is 94.5 Å². The molecule has 0 amide bonds. The van der Waals surface area contributed by atoms with Gasteiger partial charge in [-0.15, -0.1) is 0 Å². The van der Waals surface area contributed by atoms with Gasteiger partial charge in [-0.2, -0.15) is 18.2 Å². The van der Waals surface area contributed by atoms with E-state index in [0.29, 0.717) is 50.3 Å². The van der Waals surface area contributed by atoms with Gasteiger partial charge in [0, 0.05) is 57.2 Å². The molecule has 4 bridgehead atoms. The van der Waals surface area contributed by atoms with Crippen LogP contribution in [0.5, 0.6) is 5.75 Å². The fourth-order valence-electron chi connectivity index (χ4n) is 8.42. The maximum atomic E-state index is 13.3. The van der Waals surface area contributed by atoms with Crippen LogP contribution in [0.1, 0.15) is 82.1 Å². The smallest absolute Gasteiger partial charge is 0.261 e. The van der Waals surface area contributed by atoms with E-state index >= 15 is 0 Å². The lowest BCUT2D eigenvalue weighted by Gasteiger charge is -2.57. The summed E-state index contributed by atoms with van der Waals surface area (Å²) < 4.78 is 65.2. The standard InChI is InChI=1S/C29H39F2NO4.CH4O3S/c30-27(31)9-11-32(12-10-27)13-14-33-26-3-1-22(2-4-26)23-5-7-28(8-6-23)34-29(36-35-28)24-16-20-15-21(18-24)19-25(29)17-20;1-5(2,3)4/h1-4,20-21,23-25H,5-19H2;1H3,(H,2,3,4). The van der Waals surface area contributed by atoms with Gasteiger partial charge < -0.3 is 9.47 Å². The highest BCUT2D eigenvalue weighted by atomic mass is 32.2. The molecule has 0 aromatic heterocycles. The Bertz CT molecular complexity index is 1120. The summed E-state index contributed by atoms with van der Waals surface area (Å²) in [5.41, 5.74) is 1.33. The van der Waals surface area contributed by atoms with Gasteiger partial charge in [-0.25, -0.2) is 8.78 Å². The second-order valence-corrected chi connectivity index (χ2v) is 14.8. The third-order valence-electron chi connectivity index (χ3n) is 10.3. The lowest BCUT2D eigenvalue weighted by Crippen LogP contribution is -2.59. The largest absolute Gasteiger partial charge is 0.492 e. The van der Waals surface area contributed by atoms with E-state index in [4.69, 9.17) is 23.8 Å². The van der Waals surface area contributed by atoms with Crippen LogP contribution in [0.3, 0.4) is 0 Å². The van der Waals surface area contributed by atoms with Crippen molar-refractivity contribution in [3.05, 3.63) is 29.8 Å². The first-order valence-electron chi connectivity index (χ1n) is 15.2. The summed E-state index contributed by atoms with van der Waals surface area (Å²) in [6.07, 6.45) is 10.8. The highest BCUT2D eigenvalue weighted by molar-refractivity contribution is 7.85. The molecule has 7 aliphatic rings. The Morgan fingerprint density at radius 2 is 1.49 bits per heavy atom. The highest BCUT2D eigenvalue weighted by Crippen LogP contribution is 2.64. The molecule has 0 radical (unpaired) electrons. The van der Waals surface area contributed by atoms with E-state index in [-0.39, 0.29) is 12.8 Å². The van der Waals surface area contributed by atoms with Crippen molar-refractivity contribution in [2.24, 2.45) is 23.7 Å². The molecule has 2 spiro atoms. The molecule has 1 aromatic rings. The van der Waals surface area contributed by atoms with Crippen molar-refractivity contribution in [3.63, 3.8) is 0 Å². The van der Waals surface area contributed by atoms with E-state index in [1.165, 1.54) is 37.7 Å². The third-order valence-corrected chi connectivity index (χ3v) is 10.3. The monoisotopic (exact) mass is 599 g/mol. The third kappa shape index (κ3) is 6.75. The number of alkyl halides is 2. The minimum Gasteiger partial charge on any atom is -0.492 e. The Morgan fingerprint density at radius 1 is 0.927 bits per heavy atom. The van der Waals surface area contributed by atoms with Gasteiger partial charge in [0.1, 0.15) is 12.4 Å². The molecule has 0 unspecified atom stereocenters. The van der Waals surface area contributed by atoms with E-state index in [2.05, 4.69) is 17.0 Å². The number of likely N-dealkylation sites (tertiary alicyclic amines) is 1. The van der Waals surface area contributed by atoms with E-state index in [1.807, 2.05) is 12.1 Å². The summed E-state index contributed by atoms with van der Waals surface area (Å²) in [4.78, 5) is 14.3. The van der Waals surface area contributed by atoms with Crippen molar-refractivity contribution in [1.82, 2.24) is 4.90 Å². The minimum absolute atomic E-state index is 0.0460. The van der Waals surface area contributed by atoms with Crippen LogP contribution in [-0.2, 0) is 24.6 Å². The van der Waals surface area contributed by atoms with Crippen LogP contribution in [0.2, 0.25) is 0 Å². The molecule has 5 aliphatic carbocycles. The van der Waals surface area contributed by atoms with E-state index in [0.717, 1.165) is 43.3 Å². The molecule has 1 N–H and O–H groups in total. The normalized spacial score (nSPS) is 39.6. The predicted molar refractivity (Wildman–Crippen MR) is 147 cm³/mol. The number of nitrogens with zero attached hydrogens (tertiary/aromatic N) is 1. The summed E-state index contributed by atoms with van der Waals surface area (Å²) in [5, 5.41) is 0. The number of rotatable bonds is 5. The van der Waals surface area contributed by atoms with Crippen molar-refractivity contribution >= 4 is 10.1 Å². The Kier molecular flexibility index (Phi) is 8.17. The summed E-state index contributed by atoms with van der Waals surface area (Å²) in [7, 11) is -3.67. The number of benzene rings is 1. The van der Waals surface area contributed by atoms with Crippen LogP contribution < -0.4 is 4.74 Å². The molecule has 8 rings (SSSR count). The van der Waals surface area contributed by atoms with E-state index in [1.54, 1.807) is 0 Å².